The van der Waals surface area contributed by atoms with Crippen molar-refractivity contribution in [2.24, 2.45) is 11.8 Å². The molecule has 1 N–H and O–H groups in total. The first-order chi connectivity index (χ1) is 10.1. The number of aliphatic carboxylic acids is 1. The number of carboxylic acids is 1. The summed E-state index contributed by atoms with van der Waals surface area (Å²) < 4.78 is 0. The van der Waals surface area contributed by atoms with Gasteiger partial charge in [-0.05, 0) is 43.9 Å². The van der Waals surface area contributed by atoms with Crippen molar-refractivity contribution in [1.29, 1.82) is 0 Å². The summed E-state index contributed by atoms with van der Waals surface area (Å²) in [6, 6.07) is 0.609. The van der Waals surface area contributed by atoms with Crippen molar-refractivity contribution >= 4 is 12.0 Å². The fourth-order valence-corrected chi connectivity index (χ4v) is 4.46. The molecule has 5 heteroatoms. The molecule has 3 fully saturated rings. The number of piperidine rings is 1. The largest absolute Gasteiger partial charge is 0.481 e. The summed E-state index contributed by atoms with van der Waals surface area (Å²) in [6.45, 7) is 2.24. The minimum atomic E-state index is -0.750. The van der Waals surface area contributed by atoms with Gasteiger partial charge >= 0.3 is 12.0 Å². The highest BCUT2D eigenvalue weighted by Crippen LogP contribution is 2.36. The zero-order chi connectivity index (χ0) is 14.8. The molecule has 0 radical (unpaired) electrons. The first kappa shape index (κ1) is 14.7. The molecular weight excluding hydrogens is 268 g/mol. The second-order valence-electron chi connectivity index (χ2n) is 6.93. The van der Waals surface area contributed by atoms with E-state index in [4.69, 9.17) is 5.11 Å². The van der Waals surface area contributed by atoms with Gasteiger partial charge in [-0.25, -0.2) is 4.79 Å². The van der Waals surface area contributed by atoms with Gasteiger partial charge in [0.25, 0.3) is 0 Å². The van der Waals surface area contributed by atoms with E-state index in [0.29, 0.717) is 18.5 Å². The van der Waals surface area contributed by atoms with E-state index >= 15 is 0 Å². The molecule has 2 amide bonds. The highest BCUT2D eigenvalue weighted by atomic mass is 16.4. The van der Waals surface area contributed by atoms with Crippen LogP contribution < -0.4 is 0 Å². The molecule has 2 heterocycles. The van der Waals surface area contributed by atoms with Gasteiger partial charge in [-0.15, -0.1) is 0 Å². The van der Waals surface area contributed by atoms with Gasteiger partial charge in [0, 0.05) is 32.1 Å². The van der Waals surface area contributed by atoms with Gasteiger partial charge in [0.05, 0.1) is 0 Å². The number of carbonyl (C=O) groups excluding carboxylic acids is 1. The summed E-state index contributed by atoms with van der Waals surface area (Å²) in [7, 11) is 0. The topological polar surface area (TPSA) is 60.9 Å². The highest BCUT2D eigenvalue weighted by Gasteiger charge is 2.39. The molecule has 3 rings (SSSR count). The first-order valence-electron chi connectivity index (χ1n) is 8.42. The van der Waals surface area contributed by atoms with Crippen LogP contribution in [-0.4, -0.2) is 52.6 Å². The minimum Gasteiger partial charge on any atom is -0.481 e. The van der Waals surface area contributed by atoms with Gasteiger partial charge in [-0.1, -0.05) is 12.8 Å². The Morgan fingerprint density at radius 2 is 1.76 bits per heavy atom. The molecule has 21 heavy (non-hydrogen) atoms. The fourth-order valence-electron chi connectivity index (χ4n) is 4.46. The average molecular weight is 294 g/mol. The normalized spacial score (nSPS) is 32.9. The number of hydrogen-bond acceptors (Lipinski definition) is 2. The van der Waals surface area contributed by atoms with E-state index in [9.17, 15) is 9.59 Å². The molecule has 3 unspecified atom stereocenters. The van der Waals surface area contributed by atoms with Crippen molar-refractivity contribution in [2.75, 3.05) is 19.6 Å². The molecular formula is C16H26N2O3. The first-order valence-corrected chi connectivity index (χ1v) is 8.42. The monoisotopic (exact) mass is 294 g/mol. The van der Waals surface area contributed by atoms with Crippen molar-refractivity contribution in [3.63, 3.8) is 0 Å². The van der Waals surface area contributed by atoms with Gasteiger partial charge in [0.15, 0.2) is 0 Å². The molecule has 2 saturated heterocycles. The number of urea groups is 1. The van der Waals surface area contributed by atoms with Crippen LogP contribution in [0.4, 0.5) is 4.79 Å². The molecule has 0 spiro atoms. The molecule has 2 aliphatic heterocycles. The predicted octanol–water partition coefficient (Wildman–Crippen LogP) is 2.56. The SMILES string of the molecule is O=C(O)CC1CCN(C(=O)N2CCCC3CCCCC32)C1. The van der Waals surface area contributed by atoms with E-state index in [0.717, 1.165) is 32.4 Å². The van der Waals surface area contributed by atoms with Crippen LogP contribution in [-0.2, 0) is 4.79 Å². The lowest BCUT2D eigenvalue weighted by molar-refractivity contribution is -0.138. The number of amides is 2. The van der Waals surface area contributed by atoms with Crippen molar-refractivity contribution in [3.05, 3.63) is 0 Å². The summed E-state index contributed by atoms with van der Waals surface area (Å²) >= 11 is 0. The maximum atomic E-state index is 12.8. The molecule has 5 nitrogen and oxygen atoms in total. The lowest BCUT2D eigenvalue weighted by Gasteiger charge is -2.45. The van der Waals surface area contributed by atoms with Gasteiger partial charge in [-0.3, -0.25) is 4.79 Å². The van der Waals surface area contributed by atoms with Crippen molar-refractivity contribution in [1.82, 2.24) is 9.80 Å². The molecule has 3 aliphatic rings. The summed E-state index contributed by atoms with van der Waals surface area (Å²) in [5.41, 5.74) is 0. The molecule has 0 bridgehead atoms. The predicted molar refractivity (Wildman–Crippen MR) is 79.0 cm³/mol. The number of carboxylic acid groups (broad SMARTS) is 1. The smallest absolute Gasteiger partial charge is 0.320 e. The maximum absolute atomic E-state index is 12.8. The third kappa shape index (κ3) is 3.16. The number of rotatable bonds is 2. The van der Waals surface area contributed by atoms with Crippen LogP contribution in [0, 0.1) is 11.8 Å². The lowest BCUT2D eigenvalue weighted by atomic mass is 9.78. The molecule has 3 atom stereocenters. The molecule has 0 aromatic rings. The molecule has 118 valence electrons. The Morgan fingerprint density at radius 1 is 1.00 bits per heavy atom. The Morgan fingerprint density at radius 3 is 2.57 bits per heavy atom. The average Bonchev–Trinajstić information content (AvgIpc) is 2.93. The van der Waals surface area contributed by atoms with E-state index < -0.39 is 5.97 Å². The van der Waals surface area contributed by atoms with Crippen LogP contribution in [0.5, 0.6) is 0 Å². The number of fused-ring (bicyclic) bond motifs is 1. The lowest BCUT2D eigenvalue weighted by Crippen LogP contribution is -2.53. The molecule has 0 aromatic carbocycles. The minimum absolute atomic E-state index is 0.137. The Labute approximate surface area is 126 Å². The summed E-state index contributed by atoms with van der Waals surface area (Å²) in [6.07, 6.45) is 8.41. The molecule has 1 saturated carbocycles. The van der Waals surface area contributed by atoms with Crippen molar-refractivity contribution in [2.45, 2.75) is 57.4 Å². The number of carbonyl (C=O) groups is 2. The number of nitrogens with zero attached hydrogens (tertiary/aromatic N) is 2. The van der Waals surface area contributed by atoms with Crippen molar-refractivity contribution in [3.8, 4) is 0 Å². The zero-order valence-corrected chi connectivity index (χ0v) is 12.7. The standard InChI is InChI=1S/C16H26N2O3/c19-15(20)10-12-7-9-17(11-12)16(21)18-8-3-5-13-4-1-2-6-14(13)18/h12-14H,1-11H2,(H,19,20). The number of hydrogen-bond donors (Lipinski definition) is 1. The van der Waals surface area contributed by atoms with Gasteiger partial charge in [0.2, 0.25) is 0 Å². The summed E-state index contributed by atoms with van der Waals surface area (Å²) in [4.78, 5) is 27.6. The Balaban J connectivity index is 1.60. The molecule has 1 aliphatic carbocycles. The Bertz CT molecular complexity index is 410. The summed E-state index contributed by atoms with van der Waals surface area (Å²) in [5, 5.41) is 8.89. The van der Waals surface area contributed by atoms with Gasteiger partial charge < -0.3 is 14.9 Å². The van der Waals surface area contributed by atoms with Crippen LogP contribution in [0.1, 0.15) is 51.4 Å². The quantitative estimate of drug-likeness (QED) is 0.851. The third-order valence-electron chi connectivity index (χ3n) is 5.51. The van der Waals surface area contributed by atoms with E-state index in [1.54, 1.807) is 0 Å². The van der Waals surface area contributed by atoms with E-state index in [-0.39, 0.29) is 18.4 Å². The zero-order valence-electron chi connectivity index (χ0n) is 12.7. The maximum Gasteiger partial charge on any atom is 0.320 e. The molecule has 0 aromatic heterocycles. The van der Waals surface area contributed by atoms with Crippen LogP contribution in [0.15, 0.2) is 0 Å². The highest BCUT2D eigenvalue weighted by molar-refractivity contribution is 5.75. The Hall–Kier alpha value is -1.26. The van der Waals surface area contributed by atoms with Crippen molar-refractivity contribution < 1.29 is 14.7 Å². The van der Waals surface area contributed by atoms with E-state index in [1.807, 2.05) is 4.90 Å². The number of likely N-dealkylation sites (tertiary alicyclic amines) is 2. The van der Waals surface area contributed by atoms with Crippen LogP contribution in [0.3, 0.4) is 0 Å². The second-order valence-corrected chi connectivity index (χ2v) is 6.93. The summed E-state index contributed by atoms with van der Waals surface area (Å²) in [5.74, 6) is 0.0897. The van der Waals surface area contributed by atoms with Crippen LogP contribution >= 0.6 is 0 Å². The van der Waals surface area contributed by atoms with Gasteiger partial charge in [-0.2, -0.15) is 0 Å². The third-order valence-corrected chi connectivity index (χ3v) is 5.51. The second kappa shape index (κ2) is 6.24. The fraction of sp³-hybridized carbons (Fsp3) is 0.875. The van der Waals surface area contributed by atoms with Gasteiger partial charge in [0.1, 0.15) is 0 Å². The van der Waals surface area contributed by atoms with Crippen LogP contribution in [0.25, 0.3) is 0 Å². The van der Waals surface area contributed by atoms with Crippen LogP contribution in [0.2, 0.25) is 0 Å². The van der Waals surface area contributed by atoms with E-state index in [2.05, 4.69) is 4.90 Å². The van der Waals surface area contributed by atoms with E-state index in [1.165, 1.54) is 25.7 Å². The Kier molecular flexibility index (Phi) is 4.36.